The number of Topliss-reactive ketones (excluding diaryl/α,β-unsaturated/α-hetero) is 1. The minimum Gasteiger partial charge on any atom is -0.496 e. The van der Waals surface area contributed by atoms with Crippen LogP contribution in [0.15, 0.2) is 40.1 Å². The summed E-state index contributed by atoms with van der Waals surface area (Å²) >= 11 is 4.71. The SMILES string of the molecule is COc1ccc(C(=O)CSc2nccc(C)n2)cc1Br. The summed E-state index contributed by atoms with van der Waals surface area (Å²) in [4.78, 5) is 20.5. The quantitative estimate of drug-likeness (QED) is 0.468. The molecular weight excluding hydrogens is 340 g/mol. The number of ether oxygens (including phenoxy) is 1. The summed E-state index contributed by atoms with van der Waals surface area (Å²) in [6, 6.07) is 7.11. The summed E-state index contributed by atoms with van der Waals surface area (Å²) < 4.78 is 5.91. The third-order valence-corrected chi connectivity index (χ3v) is 4.06. The van der Waals surface area contributed by atoms with Crippen molar-refractivity contribution in [1.82, 2.24) is 9.97 Å². The van der Waals surface area contributed by atoms with Crippen molar-refractivity contribution in [2.75, 3.05) is 12.9 Å². The van der Waals surface area contributed by atoms with Gasteiger partial charge in [-0.3, -0.25) is 4.79 Å². The molecule has 0 unspecified atom stereocenters. The molecule has 104 valence electrons. The number of nitrogens with zero attached hydrogens (tertiary/aromatic N) is 2. The number of carbonyl (C=O) groups is 1. The van der Waals surface area contributed by atoms with Crippen LogP contribution < -0.4 is 4.74 Å². The summed E-state index contributed by atoms with van der Waals surface area (Å²) in [5.74, 6) is 1.04. The summed E-state index contributed by atoms with van der Waals surface area (Å²) in [5.41, 5.74) is 1.53. The van der Waals surface area contributed by atoms with Gasteiger partial charge in [0.1, 0.15) is 5.75 Å². The van der Waals surface area contributed by atoms with Crippen molar-refractivity contribution < 1.29 is 9.53 Å². The molecule has 0 saturated heterocycles. The minimum absolute atomic E-state index is 0.0310. The van der Waals surface area contributed by atoms with Gasteiger partial charge in [0.25, 0.3) is 0 Å². The number of halogens is 1. The Balaban J connectivity index is 2.03. The van der Waals surface area contributed by atoms with E-state index < -0.39 is 0 Å². The van der Waals surface area contributed by atoms with Crippen molar-refractivity contribution in [3.05, 3.63) is 46.2 Å². The Kier molecular flexibility index (Phi) is 5.14. The van der Waals surface area contributed by atoms with Gasteiger partial charge in [0.05, 0.1) is 17.3 Å². The number of hydrogen-bond acceptors (Lipinski definition) is 5. The zero-order valence-electron chi connectivity index (χ0n) is 11.1. The van der Waals surface area contributed by atoms with Crippen LogP contribution in [0.5, 0.6) is 5.75 Å². The molecule has 1 aromatic carbocycles. The molecule has 20 heavy (non-hydrogen) atoms. The molecule has 1 aromatic heterocycles. The molecule has 2 aromatic rings. The Morgan fingerprint density at radius 2 is 2.20 bits per heavy atom. The largest absolute Gasteiger partial charge is 0.496 e. The zero-order chi connectivity index (χ0) is 14.5. The number of aryl methyl sites for hydroxylation is 1. The molecule has 0 aliphatic carbocycles. The number of hydrogen-bond donors (Lipinski definition) is 0. The van der Waals surface area contributed by atoms with E-state index in [2.05, 4.69) is 25.9 Å². The fourth-order valence-corrected chi connectivity index (χ4v) is 2.86. The Hall–Kier alpha value is -1.40. The third kappa shape index (κ3) is 3.80. The van der Waals surface area contributed by atoms with Gasteiger partial charge in [-0.1, -0.05) is 11.8 Å². The Labute approximate surface area is 130 Å². The number of rotatable bonds is 5. The van der Waals surface area contributed by atoms with Crippen molar-refractivity contribution in [3.63, 3.8) is 0 Å². The van der Waals surface area contributed by atoms with E-state index in [1.165, 1.54) is 11.8 Å². The van der Waals surface area contributed by atoms with Crippen LogP contribution in [0.25, 0.3) is 0 Å². The summed E-state index contributed by atoms with van der Waals surface area (Å²) in [6.45, 7) is 1.90. The topological polar surface area (TPSA) is 52.1 Å². The van der Waals surface area contributed by atoms with E-state index in [1.54, 1.807) is 31.5 Å². The van der Waals surface area contributed by atoms with Crippen LogP contribution in [0, 0.1) is 6.92 Å². The average Bonchev–Trinajstić information content (AvgIpc) is 2.44. The van der Waals surface area contributed by atoms with Crippen LogP contribution in [-0.2, 0) is 0 Å². The molecule has 0 aliphatic heterocycles. The normalized spacial score (nSPS) is 10.3. The summed E-state index contributed by atoms with van der Waals surface area (Å²) in [5, 5.41) is 0.617. The number of thioether (sulfide) groups is 1. The second-order valence-corrected chi connectivity index (χ2v) is 5.84. The van der Waals surface area contributed by atoms with Crippen molar-refractivity contribution in [3.8, 4) is 5.75 Å². The van der Waals surface area contributed by atoms with Crippen LogP contribution in [-0.4, -0.2) is 28.6 Å². The zero-order valence-corrected chi connectivity index (χ0v) is 13.5. The lowest BCUT2D eigenvalue weighted by atomic mass is 10.1. The molecule has 4 nitrogen and oxygen atoms in total. The van der Waals surface area contributed by atoms with Crippen LogP contribution in [0.1, 0.15) is 16.1 Å². The lowest BCUT2D eigenvalue weighted by Gasteiger charge is -2.05. The van der Waals surface area contributed by atoms with Gasteiger partial charge in [-0.05, 0) is 47.1 Å². The highest BCUT2D eigenvalue weighted by Crippen LogP contribution is 2.26. The minimum atomic E-state index is 0.0310. The predicted molar refractivity (Wildman–Crippen MR) is 82.5 cm³/mol. The molecule has 0 saturated carbocycles. The molecule has 1 heterocycles. The first-order chi connectivity index (χ1) is 9.60. The monoisotopic (exact) mass is 352 g/mol. The maximum Gasteiger partial charge on any atom is 0.188 e. The molecule has 6 heteroatoms. The van der Waals surface area contributed by atoms with Crippen molar-refractivity contribution in [2.45, 2.75) is 12.1 Å². The van der Waals surface area contributed by atoms with E-state index in [-0.39, 0.29) is 5.78 Å². The smallest absolute Gasteiger partial charge is 0.188 e. The van der Waals surface area contributed by atoms with Gasteiger partial charge in [0.2, 0.25) is 0 Å². The molecule has 0 bridgehead atoms. The average molecular weight is 353 g/mol. The number of aromatic nitrogens is 2. The Morgan fingerprint density at radius 1 is 1.40 bits per heavy atom. The third-order valence-electron chi connectivity index (χ3n) is 2.58. The van der Waals surface area contributed by atoms with E-state index >= 15 is 0 Å². The van der Waals surface area contributed by atoms with Crippen LogP contribution in [0.2, 0.25) is 0 Å². The van der Waals surface area contributed by atoms with Gasteiger partial charge in [-0.2, -0.15) is 0 Å². The highest BCUT2D eigenvalue weighted by atomic mass is 79.9. The molecule has 0 aliphatic rings. The highest BCUT2D eigenvalue weighted by Gasteiger charge is 2.10. The summed E-state index contributed by atoms with van der Waals surface area (Å²) in [7, 11) is 1.59. The van der Waals surface area contributed by atoms with Gasteiger partial charge in [-0.25, -0.2) is 9.97 Å². The van der Waals surface area contributed by atoms with E-state index in [0.29, 0.717) is 22.2 Å². The van der Waals surface area contributed by atoms with Gasteiger partial charge in [-0.15, -0.1) is 0 Å². The highest BCUT2D eigenvalue weighted by molar-refractivity contribution is 9.10. The van der Waals surface area contributed by atoms with Crippen molar-refractivity contribution >= 4 is 33.5 Å². The van der Waals surface area contributed by atoms with Gasteiger partial charge >= 0.3 is 0 Å². The van der Waals surface area contributed by atoms with Crippen molar-refractivity contribution in [1.29, 1.82) is 0 Å². The molecule has 0 N–H and O–H groups in total. The number of carbonyl (C=O) groups excluding carboxylic acids is 1. The number of methoxy groups -OCH3 is 1. The predicted octanol–water partition coefficient (Wildman–Crippen LogP) is 3.53. The van der Waals surface area contributed by atoms with Crippen LogP contribution >= 0.6 is 27.7 Å². The molecule has 0 radical (unpaired) electrons. The molecule has 0 spiro atoms. The first kappa shape index (κ1) is 15.0. The lowest BCUT2D eigenvalue weighted by molar-refractivity contribution is 0.102. The van der Waals surface area contributed by atoms with E-state index in [9.17, 15) is 4.79 Å². The molecular formula is C14H13BrN2O2S. The Bertz CT molecular complexity index is 634. The fourth-order valence-electron chi connectivity index (χ4n) is 1.55. The van der Waals surface area contributed by atoms with Crippen LogP contribution in [0.4, 0.5) is 0 Å². The van der Waals surface area contributed by atoms with E-state index in [0.717, 1.165) is 10.2 Å². The first-order valence-corrected chi connectivity index (χ1v) is 7.67. The van der Waals surface area contributed by atoms with Gasteiger partial charge in [0.15, 0.2) is 10.9 Å². The van der Waals surface area contributed by atoms with E-state index in [4.69, 9.17) is 4.74 Å². The molecule has 0 fully saturated rings. The Morgan fingerprint density at radius 3 is 2.85 bits per heavy atom. The summed E-state index contributed by atoms with van der Waals surface area (Å²) in [6.07, 6.45) is 1.69. The first-order valence-electron chi connectivity index (χ1n) is 5.89. The molecule has 2 rings (SSSR count). The second kappa shape index (κ2) is 6.85. The van der Waals surface area contributed by atoms with E-state index in [1.807, 2.05) is 13.0 Å². The standard InChI is InChI=1S/C14H13BrN2O2S/c1-9-5-6-16-14(17-9)20-8-12(18)10-3-4-13(19-2)11(15)7-10/h3-7H,8H2,1-2H3. The number of ketones is 1. The number of benzene rings is 1. The fraction of sp³-hybridized carbons (Fsp3) is 0.214. The molecule has 0 atom stereocenters. The van der Waals surface area contributed by atoms with Gasteiger partial charge < -0.3 is 4.74 Å². The second-order valence-electron chi connectivity index (χ2n) is 4.04. The molecule has 0 amide bonds. The maximum absolute atomic E-state index is 12.1. The van der Waals surface area contributed by atoms with Crippen LogP contribution in [0.3, 0.4) is 0 Å². The van der Waals surface area contributed by atoms with Gasteiger partial charge in [0, 0.05) is 17.5 Å². The lowest BCUT2D eigenvalue weighted by Crippen LogP contribution is -2.03. The van der Waals surface area contributed by atoms with Crippen molar-refractivity contribution in [2.24, 2.45) is 0 Å². The maximum atomic E-state index is 12.1.